The lowest BCUT2D eigenvalue weighted by Gasteiger charge is -2.38. The summed E-state index contributed by atoms with van der Waals surface area (Å²) in [6.45, 7) is 1.62. The molecule has 2 aliphatic rings. The van der Waals surface area contributed by atoms with Gasteiger partial charge in [-0.05, 0) is 55.2 Å². The fourth-order valence-corrected chi connectivity index (χ4v) is 4.20. The Bertz CT molecular complexity index is 887. The van der Waals surface area contributed by atoms with E-state index in [0.29, 0.717) is 11.8 Å². The van der Waals surface area contributed by atoms with Crippen LogP contribution in [0.15, 0.2) is 48.6 Å². The van der Waals surface area contributed by atoms with Crippen molar-refractivity contribution in [3.05, 3.63) is 65.2 Å². The number of carbonyl (C=O) groups excluding carboxylic acids is 1. The molecule has 2 aromatic carbocycles. The first-order chi connectivity index (χ1) is 12.6. The van der Waals surface area contributed by atoms with Crippen molar-refractivity contribution in [3.63, 3.8) is 0 Å². The summed E-state index contributed by atoms with van der Waals surface area (Å²) in [6, 6.07) is 12.1. The van der Waals surface area contributed by atoms with E-state index in [1.165, 1.54) is 5.56 Å². The summed E-state index contributed by atoms with van der Waals surface area (Å²) in [6.07, 6.45) is 5.52. The van der Waals surface area contributed by atoms with Gasteiger partial charge in [0.1, 0.15) is 11.5 Å². The Kier molecular flexibility index (Phi) is 4.19. The van der Waals surface area contributed by atoms with Gasteiger partial charge in [0.25, 0.3) is 0 Å². The van der Waals surface area contributed by atoms with Crippen LogP contribution in [-0.2, 0) is 0 Å². The van der Waals surface area contributed by atoms with Gasteiger partial charge >= 0.3 is 0 Å². The van der Waals surface area contributed by atoms with Crippen molar-refractivity contribution in [1.29, 1.82) is 0 Å². The number of hydrogen-bond acceptors (Lipinski definition) is 4. The Labute approximate surface area is 153 Å². The fourth-order valence-electron chi connectivity index (χ4n) is 4.20. The van der Waals surface area contributed by atoms with E-state index in [-0.39, 0.29) is 11.8 Å². The number of ketones is 1. The summed E-state index contributed by atoms with van der Waals surface area (Å²) in [5.41, 5.74) is 4.20. The summed E-state index contributed by atoms with van der Waals surface area (Å²) in [5, 5.41) is 3.69. The van der Waals surface area contributed by atoms with E-state index in [1.54, 1.807) is 21.1 Å². The Balaban J connectivity index is 1.78. The first-order valence-corrected chi connectivity index (χ1v) is 8.92. The van der Waals surface area contributed by atoms with Crippen LogP contribution in [0.4, 0.5) is 5.69 Å². The number of Topliss-reactive ketones (excluding diaryl/α,β-unsaturated/α-hetero) is 1. The number of nitrogens with one attached hydrogen (secondary N) is 1. The van der Waals surface area contributed by atoms with Crippen LogP contribution < -0.4 is 14.8 Å². The molecule has 4 rings (SSSR count). The molecule has 26 heavy (non-hydrogen) atoms. The van der Waals surface area contributed by atoms with Crippen LogP contribution >= 0.6 is 0 Å². The van der Waals surface area contributed by atoms with Crippen molar-refractivity contribution in [2.45, 2.75) is 25.3 Å². The number of ether oxygens (including phenoxy) is 2. The summed E-state index contributed by atoms with van der Waals surface area (Å²) in [4.78, 5) is 11.8. The van der Waals surface area contributed by atoms with Crippen LogP contribution in [0.3, 0.4) is 0 Å². The minimum absolute atomic E-state index is 0.102. The van der Waals surface area contributed by atoms with Gasteiger partial charge < -0.3 is 14.8 Å². The maximum atomic E-state index is 11.8. The molecule has 1 N–H and O–H groups in total. The molecule has 0 saturated carbocycles. The first kappa shape index (κ1) is 16.7. The lowest BCUT2D eigenvalue weighted by molar-refractivity contribution is 0.101. The summed E-state index contributed by atoms with van der Waals surface area (Å²) in [7, 11) is 3.35. The number of methoxy groups -OCH3 is 2. The van der Waals surface area contributed by atoms with Crippen molar-refractivity contribution in [1.82, 2.24) is 0 Å². The molecule has 2 aromatic rings. The van der Waals surface area contributed by atoms with E-state index in [0.717, 1.165) is 34.7 Å². The van der Waals surface area contributed by atoms with Gasteiger partial charge in [-0.1, -0.05) is 12.2 Å². The normalized spacial score (nSPS) is 23.0. The van der Waals surface area contributed by atoms with Crippen LogP contribution in [0.1, 0.15) is 46.8 Å². The minimum atomic E-state index is 0.102. The molecule has 4 nitrogen and oxygen atoms in total. The molecule has 4 heteroatoms. The van der Waals surface area contributed by atoms with Gasteiger partial charge in [0.2, 0.25) is 0 Å². The summed E-state index contributed by atoms with van der Waals surface area (Å²) < 4.78 is 11.0. The Morgan fingerprint density at radius 2 is 1.92 bits per heavy atom. The average molecular weight is 349 g/mol. The van der Waals surface area contributed by atoms with Crippen LogP contribution in [-0.4, -0.2) is 20.0 Å². The van der Waals surface area contributed by atoms with E-state index in [9.17, 15) is 4.79 Å². The maximum Gasteiger partial charge on any atom is 0.159 e. The smallest absolute Gasteiger partial charge is 0.159 e. The zero-order valence-electron chi connectivity index (χ0n) is 15.3. The average Bonchev–Trinajstić information content (AvgIpc) is 3.16. The third-order valence-electron chi connectivity index (χ3n) is 5.55. The van der Waals surface area contributed by atoms with E-state index in [1.807, 2.05) is 30.3 Å². The largest absolute Gasteiger partial charge is 0.497 e. The molecule has 1 heterocycles. The van der Waals surface area contributed by atoms with E-state index in [2.05, 4.69) is 23.5 Å². The predicted molar refractivity (Wildman–Crippen MR) is 102 cm³/mol. The maximum absolute atomic E-state index is 11.8. The number of allylic oxidation sites excluding steroid dienone is 2. The highest BCUT2D eigenvalue weighted by atomic mass is 16.5. The third kappa shape index (κ3) is 2.66. The van der Waals surface area contributed by atoms with E-state index in [4.69, 9.17) is 9.47 Å². The predicted octanol–water partition coefficient (Wildman–Crippen LogP) is 4.73. The molecule has 0 spiro atoms. The van der Waals surface area contributed by atoms with Crippen LogP contribution in [0.2, 0.25) is 0 Å². The van der Waals surface area contributed by atoms with Gasteiger partial charge in [0.05, 0.1) is 20.3 Å². The van der Waals surface area contributed by atoms with Gasteiger partial charge in [-0.2, -0.15) is 0 Å². The second-order valence-corrected chi connectivity index (χ2v) is 6.94. The molecule has 1 aliphatic heterocycles. The molecular weight excluding hydrogens is 326 g/mol. The summed E-state index contributed by atoms with van der Waals surface area (Å²) >= 11 is 0. The number of anilines is 1. The first-order valence-electron chi connectivity index (χ1n) is 8.92. The zero-order valence-corrected chi connectivity index (χ0v) is 15.3. The molecule has 0 saturated heterocycles. The van der Waals surface area contributed by atoms with Gasteiger partial charge in [-0.15, -0.1) is 0 Å². The monoisotopic (exact) mass is 349 g/mol. The number of rotatable bonds is 4. The van der Waals surface area contributed by atoms with E-state index < -0.39 is 0 Å². The molecule has 0 aromatic heterocycles. The van der Waals surface area contributed by atoms with Crippen molar-refractivity contribution >= 4 is 11.5 Å². The van der Waals surface area contributed by atoms with Crippen molar-refractivity contribution in [2.75, 3.05) is 19.5 Å². The number of fused-ring (bicyclic) bond motifs is 3. The molecule has 3 atom stereocenters. The molecule has 0 fully saturated rings. The number of carbonyl (C=O) groups is 1. The zero-order chi connectivity index (χ0) is 18.3. The highest BCUT2D eigenvalue weighted by molar-refractivity contribution is 5.95. The van der Waals surface area contributed by atoms with Crippen molar-refractivity contribution in [3.8, 4) is 11.5 Å². The quantitative estimate of drug-likeness (QED) is 0.640. The second kappa shape index (κ2) is 6.52. The van der Waals surface area contributed by atoms with Crippen LogP contribution in [0.25, 0.3) is 0 Å². The topological polar surface area (TPSA) is 47.6 Å². The van der Waals surface area contributed by atoms with Gasteiger partial charge in [0, 0.05) is 28.8 Å². The molecule has 1 aliphatic carbocycles. The van der Waals surface area contributed by atoms with E-state index >= 15 is 0 Å². The third-order valence-corrected chi connectivity index (χ3v) is 5.55. The van der Waals surface area contributed by atoms with Gasteiger partial charge in [-0.3, -0.25) is 4.79 Å². The highest BCUT2D eigenvalue weighted by Crippen LogP contribution is 2.51. The van der Waals surface area contributed by atoms with Gasteiger partial charge in [0.15, 0.2) is 5.78 Å². The highest BCUT2D eigenvalue weighted by Gasteiger charge is 2.39. The lowest BCUT2D eigenvalue weighted by Crippen LogP contribution is -2.29. The summed E-state index contributed by atoms with van der Waals surface area (Å²) in [5.74, 6) is 2.42. The molecular formula is C22H23NO3. The molecule has 0 radical (unpaired) electrons. The molecule has 0 bridgehead atoms. The lowest BCUT2D eigenvalue weighted by atomic mass is 9.76. The molecule has 134 valence electrons. The second-order valence-electron chi connectivity index (χ2n) is 6.94. The van der Waals surface area contributed by atoms with Crippen LogP contribution in [0.5, 0.6) is 11.5 Å². The van der Waals surface area contributed by atoms with Crippen LogP contribution in [0, 0.1) is 5.92 Å². The van der Waals surface area contributed by atoms with Crippen molar-refractivity contribution in [2.24, 2.45) is 5.92 Å². The Morgan fingerprint density at radius 3 is 2.65 bits per heavy atom. The Hall–Kier alpha value is -2.75. The molecule has 0 amide bonds. The minimum Gasteiger partial charge on any atom is -0.497 e. The number of hydrogen-bond donors (Lipinski definition) is 1. The van der Waals surface area contributed by atoms with Crippen molar-refractivity contribution < 1.29 is 14.3 Å². The fraction of sp³-hybridized carbons (Fsp3) is 0.318. The molecule has 0 unspecified atom stereocenters. The standard InChI is InChI=1S/C22H23NO3/c1-13(24)14-7-10-20-19(11-14)16-5-4-6-17(16)22(23-20)18-9-8-15(25-2)12-21(18)26-3/h4-5,7-12,16-17,22-23H,6H2,1-3H3/t16-,17+,22-/m1/s1. The number of benzene rings is 2. The SMILES string of the molecule is COc1ccc([C@@H]2Nc3ccc(C(C)=O)cc3[C@@H]3C=CC[C@@H]32)c(OC)c1. The van der Waals surface area contributed by atoms with Gasteiger partial charge in [-0.25, -0.2) is 0 Å². The Morgan fingerprint density at radius 1 is 1.08 bits per heavy atom.